The van der Waals surface area contributed by atoms with Gasteiger partial charge in [0.15, 0.2) is 0 Å². The first kappa shape index (κ1) is 17.7. The van der Waals surface area contributed by atoms with Crippen molar-refractivity contribution in [2.75, 3.05) is 13.1 Å². The minimum atomic E-state index is 0.277. The van der Waals surface area contributed by atoms with E-state index in [0.29, 0.717) is 18.3 Å². The van der Waals surface area contributed by atoms with Crippen LogP contribution in [0.5, 0.6) is 0 Å². The largest absolute Gasteiger partial charge is 0.342 e. The van der Waals surface area contributed by atoms with Gasteiger partial charge >= 0.3 is 0 Å². The van der Waals surface area contributed by atoms with Crippen molar-refractivity contribution >= 4 is 5.91 Å². The molecule has 4 heteroatoms. The van der Waals surface area contributed by atoms with Crippen LogP contribution in [0.1, 0.15) is 49.4 Å². The van der Waals surface area contributed by atoms with Gasteiger partial charge in [0.25, 0.3) is 0 Å². The minimum Gasteiger partial charge on any atom is -0.342 e. The summed E-state index contributed by atoms with van der Waals surface area (Å²) in [6.45, 7) is 6.25. The molecule has 25 heavy (non-hydrogen) atoms. The van der Waals surface area contributed by atoms with E-state index < -0.39 is 0 Å². The molecule has 2 heterocycles. The zero-order valence-corrected chi connectivity index (χ0v) is 15.6. The Kier molecular flexibility index (Phi) is 5.57. The van der Waals surface area contributed by atoms with E-state index in [0.717, 1.165) is 38.0 Å². The lowest BCUT2D eigenvalue weighted by molar-refractivity contribution is -0.130. The average Bonchev–Trinajstić information content (AvgIpc) is 3.22. The van der Waals surface area contributed by atoms with E-state index in [1.54, 1.807) is 6.20 Å². The van der Waals surface area contributed by atoms with Crippen LogP contribution in [0.3, 0.4) is 0 Å². The Bertz CT molecular complexity index is 702. The number of hydrogen-bond donors (Lipinski definition) is 0. The van der Waals surface area contributed by atoms with E-state index in [1.807, 2.05) is 22.7 Å². The molecule has 3 rings (SSSR count). The highest BCUT2D eigenvalue weighted by atomic mass is 16.2. The van der Waals surface area contributed by atoms with Gasteiger partial charge in [-0.2, -0.15) is 5.10 Å². The van der Waals surface area contributed by atoms with Gasteiger partial charge in [0.1, 0.15) is 0 Å². The lowest BCUT2D eigenvalue weighted by atomic mass is 9.96. The molecule has 0 unspecified atom stereocenters. The van der Waals surface area contributed by atoms with Crippen molar-refractivity contribution in [3.05, 3.63) is 53.3 Å². The van der Waals surface area contributed by atoms with Gasteiger partial charge in [0.2, 0.25) is 5.91 Å². The summed E-state index contributed by atoms with van der Waals surface area (Å²) in [7, 11) is 1.93. The molecule has 1 aromatic heterocycles. The maximum atomic E-state index is 12.5. The molecule has 1 saturated heterocycles. The summed E-state index contributed by atoms with van der Waals surface area (Å²) in [5, 5.41) is 4.16. The van der Waals surface area contributed by atoms with Crippen LogP contribution in [0.4, 0.5) is 0 Å². The van der Waals surface area contributed by atoms with Crippen molar-refractivity contribution in [1.29, 1.82) is 0 Å². The van der Waals surface area contributed by atoms with Crippen molar-refractivity contribution in [1.82, 2.24) is 14.7 Å². The van der Waals surface area contributed by atoms with E-state index in [1.165, 1.54) is 11.1 Å². The molecular formula is C21H29N3O. The van der Waals surface area contributed by atoms with Gasteiger partial charge in [-0.3, -0.25) is 9.48 Å². The molecule has 2 aromatic rings. The van der Waals surface area contributed by atoms with Crippen LogP contribution in [0.15, 0.2) is 36.5 Å². The summed E-state index contributed by atoms with van der Waals surface area (Å²) in [4.78, 5) is 14.5. The third kappa shape index (κ3) is 4.50. The Hall–Kier alpha value is -2.10. The van der Waals surface area contributed by atoms with Crippen LogP contribution in [-0.2, 0) is 24.7 Å². The Balaban J connectivity index is 1.47. The number of carbonyl (C=O) groups is 1. The molecule has 1 atom stereocenters. The highest BCUT2D eigenvalue weighted by molar-refractivity contribution is 5.76. The molecule has 1 aromatic carbocycles. The van der Waals surface area contributed by atoms with Gasteiger partial charge in [-0.1, -0.05) is 38.1 Å². The minimum absolute atomic E-state index is 0.277. The van der Waals surface area contributed by atoms with Crippen LogP contribution in [-0.4, -0.2) is 33.7 Å². The number of aromatic nitrogens is 2. The molecular weight excluding hydrogens is 310 g/mol. The predicted octanol–water partition coefficient (Wildman–Crippen LogP) is 3.57. The number of rotatable bonds is 6. The second-order valence-electron chi connectivity index (χ2n) is 7.54. The van der Waals surface area contributed by atoms with E-state index in [2.05, 4.69) is 43.2 Å². The average molecular weight is 339 g/mol. The number of amides is 1. The van der Waals surface area contributed by atoms with Crippen molar-refractivity contribution in [2.24, 2.45) is 13.0 Å². The molecule has 0 N–H and O–H groups in total. The fraction of sp³-hybridized carbons (Fsp3) is 0.524. The Morgan fingerprint density at radius 1 is 1.24 bits per heavy atom. The third-order valence-corrected chi connectivity index (χ3v) is 5.33. The fourth-order valence-corrected chi connectivity index (χ4v) is 3.64. The lowest BCUT2D eigenvalue weighted by Gasteiger charge is -2.17. The molecule has 0 spiro atoms. The third-order valence-electron chi connectivity index (χ3n) is 5.33. The molecule has 0 radical (unpaired) electrons. The SMILES string of the molecule is CC(C)c1ccc(C[C@@H]2CCN(C(=O)CCc3ccnn3C)C2)cc1. The predicted molar refractivity (Wildman–Crippen MR) is 100 cm³/mol. The van der Waals surface area contributed by atoms with Crippen molar-refractivity contribution in [3.63, 3.8) is 0 Å². The number of hydrogen-bond acceptors (Lipinski definition) is 2. The second kappa shape index (κ2) is 7.85. The van der Waals surface area contributed by atoms with E-state index in [-0.39, 0.29) is 5.91 Å². The summed E-state index contributed by atoms with van der Waals surface area (Å²) in [6.07, 6.45) is 5.33. The molecule has 0 bridgehead atoms. The van der Waals surface area contributed by atoms with Crippen LogP contribution < -0.4 is 0 Å². The van der Waals surface area contributed by atoms with Gasteiger partial charge in [-0.25, -0.2) is 0 Å². The van der Waals surface area contributed by atoms with Gasteiger partial charge in [-0.15, -0.1) is 0 Å². The number of nitrogens with zero attached hydrogens (tertiary/aromatic N) is 3. The fourth-order valence-electron chi connectivity index (χ4n) is 3.64. The van der Waals surface area contributed by atoms with Gasteiger partial charge in [0.05, 0.1) is 0 Å². The Morgan fingerprint density at radius 3 is 2.64 bits per heavy atom. The molecule has 1 fully saturated rings. The molecule has 1 aliphatic rings. The summed E-state index contributed by atoms with van der Waals surface area (Å²) in [5.41, 5.74) is 3.90. The molecule has 4 nitrogen and oxygen atoms in total. The molecule has 134 valence electrons. The first-order valence-corrected chi connectivity index (χ1v) is 9.36. The maximum absolute atomic E-state index is 12.5. The van der Waals surface area contributed by atoms with Crippen LogP contribution in [0.2, 0.25) is 0 Å². The van der Waals surface area contributed by atoms with Gasteiger partial charge in [-0.05, 0) is 48.3 Å². The number of aryl methyl sites for hydroxylation is 2. The monoisotopic (exact) mass is 339 g/mol. The standard InChI is InChI=1S/C21H29N3O/c1-16(2)19-6-4-17(5-7-19)14-18-11-13-24(15-18)21(25)9-8-20-10-12-22-23(20)3/h4-7,10,12,16,18H,8-9,11,13-15H2,1-3H3/t18-/m0/s1. The number of benzene rings is 1. The van der Waals surface area contributed by atoms with E-state index >= 15 is 0 Å². The zero-order valence-electron chi connectivity index (χ0n) is 15.6. The summed E-state index contributed by atoms with van der Waals surface area (Å²) >= 11 is 0. The quantitative estimate of drug-likeness (QED) is 0.807. The number of likely N-dealkylation sites (tertiary alicyclic amines) is 1. The molecule has 0 saturated carbocycles. The van der Waals surface area contributed by atoms with Crippen molar-refractivity contribution in [3.8, 4) is 0 Å². The molecule has 0 aliphatic carbocycles. The first-order valence-electron chi connectivity index (χ1n) is 9.36. The highest BCUT2D eigenvalue weighted by Crippen LogP contribution is 2.23. The van der Waals surface area contributed by atoms with E-state index in [4.69, 9.17) is 0 Å². The Labute approximate surface area is 150 Å². The maximum Gasteiger partial charge on any atom is 0.222 e. The Morgan fingerprint density at radius 2 is 2.00 bits per heavy atom. The second-order valence-corrected chi connectivity index (χ2v) is 7.54. The molecule has 1 amide bonds. The highest BCUT2D eigenvalue weighted by Gasteiger charge is 2.26. The lowest BCUT2D eigenvalue weighted by Crippen LogP contribution is -2.29. The van der Waals surface area contributed by atoms with E-state index in [9.17, 15) is 4.79 Å². The molecule has 1 aliphatic heterocycles. The normalized spacial score (nSPS) is 17.4. The van der Waals surface area contributed by atoms with Crippen LogP contribution >= 0.6 is 0 Å². The van der Waals surface area contributed by atoms with Gasteiger partial charge in [0, 0.05) is 38.4 Å². The topological polar surface area (TPSA) is 38.1 Å². The van der Waals surface area contributed by atoms with Crippen molar-refractivity contribution < 1.29 is 4.79 Å². The summed E-state index contributed by atoms with van der Waals surface area (Å²) in [5.74, 6) is 1.44. The first-order chi connectivity index (χ1) is 12.0. The number of carbonyl (C=O) groups excluding carboxylic acids is 1. The summed E-state index contributed by atoms with van der Waals surface area (Å²) < 4.78 is 1.85. The van der Waals surface area contributed by atoms with Crippen LogP contribution in [0.25, 0.3) is 0 Å². The van der Waals surface area contributed by atoms with Crippen LogP contribution in [0, 0.1) is 5.92 Å². The zero-order chi connectivity index (χ0) is 17.8. The van der Waals surface area contributed by atoms with Crippen molar-refractivity contribution in [2.45, 2.75) is 45.4 Å². The smallest absolute Gasteiger partial charge is 0.222 e. The summed E-state index contributed by atoms with van der Waals surface area (Å²) in [6, 6.07) is 11.0. The van der Waals surface area contributed by atoms with Gasteiger partial charge < -0.3 is 4.90 Å².